The van der Waals surface area contributed by atoms with Crippen LogP contribution < -0.4 is 9.47 Å². The molecule has 1 aliphatic rings. The van der Waals surface area contributed by atoms with Crippen molar-refractivity contribution in [1.29, 1.82) is 0 Å². The first-order valence-electron chi connectivity index (χ1n) is 6.43. The minimum atomic E-state index is -0.504. The van der Waals surface area contributed by atoms with Gasteiger partial charge in [-0.2, -0.15) is 0 Å². The molecule has 0 saturated carbocycles. The fourth-order valence-corrected chi connectivity index (χ4v) is 2.87. The Bertz CT molecular complexity index is 536. The summed E-state index contributed by atoms with van der Waals surface area (Å²) in [7, 11) is 0. The van der Waals surface area contributed by atoms with E-state index in [2.05, 4.69) is 0 Å². The van der Waals surface area contributed by atoms with E-state index >= 15 is 0 Å². The molecule has 0 bridgehead atoms. The van der Waals surface area contributed by atoms with Crippen molar-refractivity contribution in [3.05, 3.63) is 46.2 Å². The van der Waals surface area contributed by atoms with Gasteiger partial charge in [-0.1, -0.05) is 12.1 Å². The second-order valence-electron chi connectivity index (χ2n) is 4.56. The Morgan fingerprint density at radius 2 is 2.00 bits per heavy atom. The summed E-state index contributed by atoms with van der Waals surface area (Å²) in [6.45, 7) is 1.35. The standard InChI is InChI=1S/C15H16O3S/c16-13(10-12-3-1-8-19-12)11-4-5-14-15(9-11)18-7-2-6-17-14/h1,3-5,8-9,13,16H,2,6-7,10H2. The fourth-order valence-electron chi connectivity index (χ4n) is 2.12. The van der Waals surface area contributed by atoms with Gasteiger partial charge in [-0.25, -0.2) is 0 Å². The van der Waals surface area contributed by atoms with E-state index in [0.29, 0.717) is 19.6 Å². The monoisotopic (exact) mass is 276 g/mol. The molecule has 0 amide bonds. The summed E-state index contributed by atoms with van der Waals surface area (Å²) in [6.07, 6.45) is 1.02. The van der Waals surface area contributed by atoms with Gasteiger partial charge in [0.1, 0.15) is 0 Å². The number of benzene rings is 1. The van der Waals surface area contributed by atoms with E-state index in [1.807, 2.05) is 35.7 Å². The summed E-state index contributed by atoms with van der Waals surface area (Å²) in [5.41, 5.74) is 0.873. The van der Waals surface area contributed by atoms with E-state index in [-0.39, 0.29) is 0 Å². The molecule has 1 aromatic carbocycles. The molecule has 1 atom stereocenters. The number of fused-ring (bicyclic) bond motifs is 1. The van der Waals surface area contributed by atoms with Gasteiger partial charge in [0.25, 0.3) is 0 Å². The third-order valence-electron chi connectivity index (χ3n) is 3.13. The smallest absolute Gasteiger partial charge is 0.161 e. The van der Waals surface area contributed by atoms with Gasteiger partial charge < -0.3 is 14.6 Å². The maximum Gasteiger partial charge on any atom is 0.161 e. The molecule has 0 spiro atoms. The van der Waals surface area contributed by atoms with Crippen molar-refractivity contribution in [2.45, 2.75) is 18.9 Å². The van der Waals surface area contributed by atoms with E-state index in [0.717, 1.165) is 23.5 Å². The van der Waals surface area contributed by atoms with Gasteiger partial charge in [-0.15, -0.1) is 11.3 Å². The average Bonchev–Trinajstić information content (AvgIpc) is 2.81. The van der Waals surface area contributed by atoms with Crippen LogP contribution in [0.25, 0.3) is 0 Å². The molecule has 3 nitrogen and oxygen atoms in total. The van der Waals surface area contributed by atoms with Crippen LogP contribution in [0, 0.1) is 0 Å². The normalized spacial score (nSPS) is 15.8. The van der Waals surface area contributed by atoms with Crippen LogP contribution in [-0.4, -0.2) is 18.3 Å². The Morgan fingerprint density at radius 3 is 2.79 bits per heavy atom. The van der Waals surface area contributed by atoms with Crippen molar-refractivity contribution in [2.75, 3.05) is 13.2 Å². The molecule has 2 aromatic rings. The van der Waals surface area contributed by atoms with Crippen molar-refractivity contribution in [3.63, 3.8) is 0 Å². The lowest BCUT2D eigenvalue weighted by Crippen LogP contribution is -2.01. The second kappa shape index (κ2) is 5.63. The number of hydrogen-bond donors (Lipinski definition) is 1. The molecule has 2 heterocycles. The fraction of sp³-hybridized carbons (Fsp3) is 0.333. The van der Waals surface area contributed by atoms with Gasteiger partial charge in [0.15, 0.2) is 11.5 Å². The highest BCUT2D eigenvalue weighted by molar-refractivity contribution is 7.09. The number of thiophene rings is 1. The van der Waals surface area contributed by atoms with Crippen LogP contribution in [0.4, 0.5) is 0 Å². The Labute approximate surface area is 116 Å². The molecule has 100 valence electrons. The highest BCUT2D eigenvalue weighted by atomic mass is 32.1. The van der Waals surface area contributed by atoms with Crippen LogP contribution >= 0.6 is 11.3 Å². The number of aliphatic hydroxyl groups excluding tert-OH is 1. The van der Waals surface area contributed by atoms with Gasteiger partial charge in [-0.05, 0) is 29.1 Å². The average molecular weight is 276 g/mol. The topological polar surface area (TPSA) is 38.7 Å². The quantitative estimate of drug-likeness (QED) is 0.935. The summed E-state index contributed by atoms with van der Waals surface area (Å²) < 4.78 is 11.2. The number of hydrogen-bond acceptors (Lipinski definition) is 4. The van der Waals surface area contributed by atoms with E-state index in [4.69, 9.17) is 9.47 Å². The van der Waals surface area contributed by atoms with Gasteiger partial charge in [-0.3, -0.25) is 0 Å². The third-order valence-corrected chi connectivity index (χ3v) is 4.03. The molecule has 1 N–H and O–H groups in total. The molecule has 1 unspecified atom stereocenters. The second-order valence-corrected chi connectivity index (χ2v) is 5.59. The first-order valence-corrected chi connectivity index (χ1v) is 7.31. The SMILES string of the molecule is OC(Cc1cccs1)c1ccc2c(c1)OCCCO2. The van der Waals surface area contributed by atoms with E-state index in [1.165, 1.54) is 4.88 Å². The van der Waals surface area contributed by atoms with Gasteiger partial charge in [0, 0.05) is 17.7 Å². The minimum absolute atomic E-state index is 0.504. The number of ether oxygens (including phenoxy) is 2. The van der Waals surface area contributed by atoms with Crippen molar-refractivity contribution >= 4 is 11.3 Å². The predicted molar refractivity (Wildman–Crippen MR) is 75.0 cm³/mol. The Hall–Kier alpha value is -1.52. The zero-order valence-corrected chi connectivity index (χ0v) is 11.4. The van der Waals surface area contributed by atoms with Crippen molar-refractivity contribution in [1.82, 2.24) is 0 Å². The van der Waals surface area contributed by atoms with Crippen LogP contribution in [-0.2, 0) is 6.42 Å². The molecule has 3 rings (SSSR count). The van der Waals surface area contributed by atoms with Crippen molar-refractivity contribution in [2.24, 2.45) is 0 Å². The zero-order valence-electron chi connectivity index (χ0n) is 10.5. The number of rotatable bonds is 3. The van der Waals surface area contributed by atoms with Crippen LogP contribution in [0.3, 0.4) is 0 Å². The van der Waals surface area contributed by atoms with Crippen molar-refractivity contribution < 1.29 is 14.6 Å². The predicted octanol–water partition coefficient (Wildman–Crippen LogP) is 3.19. The maximum atomic E-state index is 10.3. The maximum absolute atomic E-state index is 10.3. The first-order chi connectivity index (χ1) is 9.33. The van der Waals surface area contributed by atoms with Crippen LogP contribution in [0.1, 0.15) is 23.0 Å². The largest absolute Gasteiger partial charge is 0.490 e. The molecule has 0 radical (unpaired) electrons. The van der Waals surface area contributed by atoms with Crippen LogP contribution in [0.5, 0.6) is 11.5 Å². The van der Waals surface area contributed by atoms with Crippen LogP contribution in [0.2, 0.25) is 0 Å². The van der Waals surface area contributed by atoms with E-state index in [1.54, 1.807) is 11.3 Å². The van der Waals surface area contributed by atoms with E-state index in [9.17, 15) is 5.11 Å². The molecular weight excluding hydrogens is 260 g/mol. The lowest BCUT2D eigenvalue weighted by molar-refractivity contribution is 0.179. The summed E-state index contributed by atoms with van der Waals surface area (Å²) in [6, 6.07) is 9.72. The van der Waals surface area contributed by atoms with Crippen molar-refractivity contribution in [3.8, 4) is 11.5 Å². The lowest BCUT2D eigenvalue weighted by Gasteiger charge is -2.13. The molecule has 1 aromatic heterocycles. The summed E-state index contributed by atoms with van der Waals surface area (Å²) >= 11 is 1.66. The van der Waals surface area contributed by atoms with Gasteiger partial charge in [0.05, 0.1) is 19.3 Å². The zero-order chi connectivity index (χ0) is 13.1. The van der Waals surface area contributed by atoms with Gasteiger partial charge >= 0.3 is 0 Å². The lowest BCUT2D eigenvalue weighted by atomic mass is 10.1. The first kappa shape index (κ1) is 12.5. The summed E-state index contributed by atoms with van der Waals surface area (Å²) in [5, 5.41) is 12.3. The molecule has 19 heavy (non-hydrogen) atoms. The van der Waals surface area contributed by atoms with Crippen LogP contribution in [0.15, 0.2) is 35.7 Å². The van der Waals surface area contributed by atoms with Gasteiger partial charge in [0.2, 0.25) is 0 Å². The highest BCUT2D eigenvalue weighted by Crippen LogP contribution is 2.33. The molecule has 0 aliphatic carbocycles. The molecule has 1 aliphatic heterocycles. The van der Waals surface area contributed by atoms with E-state index < -0.39 is 6.10 Å². The Morgan fingerprint density at radius 1 is 1.16 bits per heavy atom. The Kier molecular flexibility index (Phi) is 3.71. The Balaban J connectivity index is 1.79. The molecule has 4 heteroatoms. The molecule has 0 fully saturated rings. The molecular formula is C15H16O3S. The minimum Gasteiger partial charge on any atom is -0.490 e. The number of aliphatic hydroxyl groups is 1. The third kappa shape index (κ3) is 2.91. The summed E-state index contributed by atoms with van der Waals surface area (Å²) in [5.74, 6) is 1.50. The highest BCUT2D eigenvalue weighted by Gasteiger charge is 2.15. The molecule has 0 saturated heterocycles. The summed E-state index contributed by atoms with van der Waals surface area (Å²) in [4.78, 5) is 1.18.